The van der Waals surface area contributed by atoms with Crippen molar-refractivity contribution >= 4 is 10.9 Å². The third kappa shape index (κ3) is 1.94. The molecule has 0 aliphatic carbocycles. The highest BCUT2D eigenvalue weighted by molar-refractivity contribution is 5.80. The van der Waals surface area contributed by atoms with Gasteiger partial charge >= 0.3 is 0 Å². The van der Waals surface area contributed by atoms with Crippen molar-refractivity contribution in [3.05, 3.63) is 71.4 Å². The number of hydrogen-bond donors (Lipinski definition) is 1. The minimum Gasteiger partial charge on any atom is -0.357 e. The normalized spacial score (nSPS) is 14.9. The number of aromatic nitrogens is 1. The molecule has 0 saturated carbocycles. The smallest absolute Gasteiger partial charge is 0.0456 e. The van der Waals surface area contributed by atoms with E-state index in [1.165, 1.54) is 27.7 Å². The number of benzene rings is 2. The fraction of sp³-hybridized carbons (Fsp3) is 0.176. The van der Waals surface area contributed by atoms with Gasteiger partial charge in [0.2, 0.25) is 0 Å². The average Bonchev–Trinajstić information content (AvgIpc) is 3.00. The van der Waals surface area contributed by atoms with Crippen LogP contribution in [0.15, 0.2) is 54.6 Å². The van der Waals surface area contributed by atoms with E-state index < -0.39 is 0 Å². The van der Waals surface area contributed by atoms with E-state index in [1.807, 2.05) is 0 Å². The first-order chi connectivity index (χ1) is 9.38. The second-order valence-electron chi connectivity index (χ2n) is 5.30. The van der Waals surface area contributed by atoms with Crippen LogP contribution in [0, 0.1) is 0 Å². The van der Waals surface area contributed by atoms with E-state index in [2.05, 4.69) is 64.5 Å². The van der Waals surface area contributed by atoms with Crippen LogP contribution in [0.3, 0.4) is 0 Å². The Balaban J connectivity index is 1.57. The molecule has 2 heteroatoms. The first-order valence-electron chi connectivity index (χ1n) is 6.74. The van der Waals surface area contributed by atoms with Crippen molar-refractivity contribution in [3.8, 4) is 0 Å². The van der Waals surface area contributed by atoms with Gasteiger partial charge in [-0.2, -0.15) is 0 Å². The summed E-state index contributed by atoms with van der Waals surface area (Å²) in [5.41, 5.74) is 5.47. The topological polar surface area (TPSA) is 19.0 Å². The SMILES string of the molecule is c1ccc2c(c1)CN(Cc1cc3ccccc3[nH]1)C2. The Bertz CT molecular complexity index is 669. The van der Waals surface area contributed by atoms with Gasteiger partial charge in [0.15, 0.2) is 0 Å². The Morgan fingerprint density at radius 1 is 0.895 bits per heavy atom. The van der Waals surface area contributed by atoms with E-state index in [4.69, 9.17) is 0 Å². The first kappa shape index (κ1) is 10.8. The lowest BCUT2D eigenvalue weighted by molar-refractivity contribution is 0.273. The number of H-pyrrole nitrogens is 1. The standard InChI is InChI=1S/C17H16N2/c1-2-7-15-11-19(10-14(15)6-1)12-16-9-13-5-3-4-8-17(13)18-16/h1-9,18H,10-12H2. The summed E-state index contributed by atoms with van der Waals surface area (Å²) in [6.07, 6.45) is 0. The molecule has 0 fully saturated rings. The summed E-state index contributed by atoms with van der Waals surface area (Å²) in [5.74, 6) is 0. The van der Waals surface area contributed by atoms with Crippen LogP contribution in [-0.4, -0.2) is 9.88 Å². The number of rotatable bonds is 2. The Morgan fingerprint density at radius 2 is 1.58 bits per heavy atom. The maximum Gasteiger partial charge on any atom is 0.0456 e. The molecule has 2 aromatic carbocycles. The van der Waals surface area contributed by atoms with Crippen molar-refractivity contribution in [3.63, 3.8) is 0 Å². The molecule has 0 spiro atoms. The van der Waals surface area contributed by atoms with E-state index >= 15 is 0 Å². The molecule has 0 unspecified atom stereocenters. The number of aromatic amines is 1. The minimum atomic E-state index is 0.989. The molecular weight excluding hydrogens is 232 g/mol. The van der Waals surface area contributed by atoms with Crippen molar-refractivity contribution in [2.24, 2.45) is 0 Å². The third-order valence-corrected chi connectivity index (χ3v) is 3.89. The molecule has 94 valence electrons. The number of nitrogens with zero attached hydrogens (tertiary/aromatic N) is 1. The first-order valence-corrected chi connectivity index (χ1v) is 6.74. The third-order valence-electron chi connectivity index (χ3n) is 3.89. The van der Waals surface area contributed by atoms with Gasteiger partial charge in [-0.15, -0.1) is 0 Å². The zero-order chi connectivity index (χ0) is 12.7. The summed E-state index contributed by atoms with van der Waals surface area (Å²) < 4.78 is 0. The van der Waals surface area contributed by atoms with E-state index in [-0.39, 0.29) is 0 Å². The summed E-state index contributed by atoms with van der Waals surface area (Å²) in [6.45, 7) is 3.11. The largest absolute Gasteiger partial charge is 0.357 e. The van der Waals surface area contributed by atoms with Gasteiger partial charge in [-0.05, 0) is 28.6 Å². The molecule has 0 bridgehead atoms. The summed E-state index contributed by atoms with van der Waals surface area (Å²) >= 11 is 0. The molecule has 0 radical (unpaired) electrons. The number of nitrogens with one attached hydrogen (secondary N) is 1. The lowest BCUT2D eigenvalue weighted by Crippen LogP contribution is -2.15. The van der Waals surface area contributed by atoms with Gasteiger partial charge in [0.05, 0.1) is 0 Å². The summed E-state index contributed by atoms with van der Waals surface area (Å²) in [7, 11) is 0. The predicted octanol–water partition coefficient (Wildman–Crippen LogP) is 3.68. The molecule has 3 aromatic rings. The Kier molecular flexibility index (Phi) is 2.42. The highest BCUT2D eigenvalue weighted by atomic mass is 15.1. The summed E-state index contributed by atoms with van der Waals surface area (Å²) in [6, 6.07) is 19.5. The predicted molar refractivity (Wildman–Crippen MR) is 77.7 cm³/mol. The van der Waals surface area contributed by atoms with Crippen LogP contribution >= 0.6 is 0 Å². The number of para-hydroxylation sites is 1. The zero-order valence-corrected chi connectivity index (χ0v) is 10.8. The van der Waals surface area contributed by atoms with Crippen LogP contribution in [-0.2, 0) is 19.6 Å². The van der Waals surface area contributed by atoms with Gasteiger partial charge in [-0.25, -0.2) is 0 Å². The Hall–Kier alpha value is -2.06. The molecule has 1 aliphatic heterocycles. The van der Waals surface area contributed by atoms with Crippen molar-refractivity contribution in [1.82, 2.24) is 9.88 Å². The van der Waals surface area contributed by atoms with Gasteiger partial charge in [0, 0.05) is 30.8 Å². The van der Waals surface area contributed by atoms with Crippen LogP contribution in [0.25, 0.3) is 10.9 Å². The van der Waals surface area contributed by atoms with Gasteiger partial charge in [0.25, 0.3) is 0 Å². The highest BCUT2D eigenvalue weighted by Gasteiger charge is 2.18. The van der Waals surface area contributed by atoms with Gasteiger partial charge in [-0.1, -0.05) is 42.5 Å². The lowest BCUT2D eigenvalue weighted by Gasteiger charge is -2.13. The van der Waals surface area contributed by atoms with Crippen molar-refractivity contribution < 1.29 is 0 Å². The van der Waals surface area contributed by atoms with Crippen molar-refractivity contribution in [1.29, 1.82) is 0 Å². The molecule has 4 rings (SSSR count). The van der Waals surface area contributed by atoms with Crippen molar-refractivity contribution in [2.75, 3.05) is 0 Å². The van der Waals surface area contributed by atoms with Crippen molar-refractivity contribution in [2.45, 2.75) is 19.6 Å². The van der Waals surface area contributed by atoms with Crippen LogP contribution < -0.4 is 0 Å². The molecule has 1 aliphatic rings. The summed E-state index contributed by atoms with van der Waals surface area (Å²) in [4.78, 5) is 5.99. The number of fused-ring (bicyclic) bond motifs is 2. The average molecular weight is 248 g/mol. The fourth-order valence-corrected chi connectivity index (χ4v) is 2.98. The second kappa shape index (κ2) is 4.25. The zero-order valence-electron chi connectivity index (χ0n) is 10.8. The molecule has 0 saturated heterocycles. The monoisotopic (exact) mass is 248 g/mol. The lowest BCUT2D eigenvalue weighted by atomic mass is 10.1. The molecule has 19 heavy (non-hydrogen) atoms. The molecular formula is C17H16N2. The Labute approximate surface area is 112 Å². The van der Waals surface area contributed by atoms with E-state index in [9.17, 15) is 0 Å². The molecule has 2 heterocycles. The molecule has 0 atom stereocenters. The van der Waals surface area contributed by atoms with Gasteiger partial charge in [0.1, 0.15) is 0 Å². The summed E-state index contributed by atoms with van der Waals surface area (Å²) in [5, 5.41) is 1.30. The molecule has 0 amide bonds. The van der Waals surface area contributed by atoms with Crippen LogP contribution in [0.2, 0.25) is 0 Å². The van der Waals surface area contributed by atoms with Crippen LogP contribution in [0.5, 0.6) is 0 Å². The highest BCUT2D eigenvalue weighted by Crippen LogP contribution is 2.24. The van der Waals surface area contributed by atoms with E-state index in [0.29, 0.717) is 0 Å². The molecule has 2 nitrogen and oxygen atoms in total. The molecule has 1 aromatic heterocycles. The van der Waals surface area contributed by atoms with Crippen LogP contribution in [0.4, 0.5) is 0 Å². The quantitative estimate of drug-likeness (QED) is 0.733. The fourth-order valence-electron chi connectivity index (χ4n) is 2.98. The van der Waals surface area contributed by atoms with Gasteiger partial charge in [-0.3, -0.25) is 4.90 Å². The van der Waals surface area contributed by atoms with Crippen LogP contribution in [0.1, 0.15) is 16.8 Å². The van der Waals surface area contributed by atoms with Gasteiger partial charge < -0.3 is 4.98 Å². The van der Waals surface area contributed by atoms with E-state index in [1.54, 1.807) is 0 Å². The Morgan fingerprint density at radius 3 is 2.32 bits per heavy atom. The second-order valence-corrected chi connectivity index (χ2v) is 5.30. The minimum absolute atomic E-state index is 0.989. The number of hydrogen-bond acceptors (Lipinski definition) is 1. The molecule has 1 N–H and O–H groups in total. The maximum absolute atomic E-state index is 3.51. The maximum atomic E-state index is 3.51. The van der Waals surface area contributed by atoms with E-state index in [0.717, 1.165) is 19.6 Å².